The number of alkyl carbamates (subject to hydrolysis) is 1. The molecule has 232 valence electrons. The quantitative estimate of drug-likeness (QED) is 0.222. The highest BCUT2D eigenvalue weighted by Gasteiger charge is 2.39. The minimum Gasteiger partial charge on any atom is -0.508 e. The lowest BCUT2D eigenvalue weighted by Crippen LogP contribution is -2.56. The van der Waals surface area contributed by atoms with Crippen molar-refractivity contribution in [1.29, 1.82) is 0 Å². The van der Waals surface area contributed by atoms with Crippen LogP contribution in [0.25, 0.3) is 0 Å². The molecule has 2 aromatic rings. The smallest absolute Gasteiger partial charge is 0.408 e. The van der Waals surface area contributed by atoms with Crippen molar-refractivity contribution in [3.05, 3.63) is 65.2 Å². The number of benzene rings is 2. The van der Waals surface area contributed by atoms with E-state index in [9.17, 15) is 19.5 Å². The van der Waals surface area contributed by atoms with Gasteiger partial charge < -0.3 is 25.4 Å². The SMILES string of the molecule is CCCCNC(=O)C(c1ccccc1C)N(C(=O)C(Cc1ccc(O)cc1)NC(=O)OC(C)(C)C)C(C)CCC(C)C. The molecule has 8 nitrogen and oxygen atoms in total. The van der Waals surface area contributed by atoms with Gasteiger partial charge in [-0.2, -0.15) is 0 Å². The van der Waals surface area contributed by atoms with E-state index in [0.717, 1.165) is 36.0 Å². The average Bonchev–Trinajstić information content (AvgIpc) is 2.90. The summed E-state index contributed by atoms with van der Waals surface area (Å²) < 4.78 is 5.53. The number of aryl methyl sites for hydroxylation is 1. The molecule has 0 radical (unpaired) electrons. The topological polar surface area (TPSA) is 108 Å². The summed E-state index contributed by atoms with van der Waals surface area (Å²) in [6.07, 6.45) is 2.75. The van der Waals surface area contributed by atoms with Gasteiger partial charge in [-0.1, -0.05) is 63.6 Å². The Kier molecular flexibility index (Phi) is 13.4. The lowest BCUT2D eigenvalue weighted by atomic mass is 9.94. The van der Waals surface area contributed by atoms with Crippen molar-refractivity contribution in [2.75, 3.05) is 6.54 Å². The van der Waals surface area contributed by atoms with Crippen LogP contribution in [0.1, 0.15) is 96.9 Å². The first-order chi connectivity index (χ1) is 19.7. The maximum absolute atomic E-state index is 14.7. The largest absolute Gasteiger partial charge is 0.508 e. The molecule has 3 amide bonds. The number of unbranched alkanes of at least 4 members (excludes halogenated alkanes) is 1. The van der Waals surface area contributed by atoms with E-state index in [1.165, 1.54) is 0 Å². The second kappa shape index (κ2) is 16.2. The van der Waals surface area contributed by atoms with Crippen LogP contribution in [-0.2, 0) is 20.7 Å². The Labute approximate surface area is 252 Å². The summed E-state index contributed by atoms with van der Waals surface area (Å²) in [6, 6.07) is 12.0. The van der Waals surface area contributed by atoms with Crippen LogP contribution in [-0.4, -0.2) is 52.1 Å². The molecule has 0 fully saturated rings. The molecular weight excluding hydrogens is 530 g/mol. The second-order valence-electron chi connectivity index (χ2n) is 12.5. The van der Waals surface area contributed by atoms with Gasteiger partial charge >= 0.3 is 6.09 Å². The molecule has 8 heteroatoms. The van der Waals surface area contributed by atoms with Gasteiger partial charge in [-0.05, 0) is 88.6 Å². The summed E-state index contributed by atoms with van der Waals surface area (Å²) >= 11 is 0. The first-order valence-electron chi connectivity index (χ1n) is 15.2. The number of hydrogen-bond donors (Lipinski definition) is 3. The molecule has 0 aliphatic heterocycles. The van der Waals surface area contributed by atoms with Crippen molar-refractivity contribution in [3.8, 4) is 5.75 Å². The Morgan fingerprint density at radius 1 is 0.976 bits per heavy atom. The summed E-state index contributed by atoms with van der Waals surface area (Å²) in [4.78, 5) is 43.3. The third kappa shape index (κ3) is 11.0. The Morgan fingerprint density at radius 2 is 1.62 bits per heavy atom. The minimum atomic E-state index is -1.01. The summed E-state index contributed by atoms with van der Waals surface area (Å²) in [5, 5.41) is 15.7. The average molecular weight is 582 g/mol. The molecule has 2 aromatic carbocycles. The number of amides is 3. The van der Waals surface area contributed by atoms with E-state index in [0.29, 0.717) is 18.9 Å². The number of hydrogen-bond acceptors (Lipinski definition) is 5. The van der Waals surface area contributed by atoms with E-state index in [1.54, 1.807) is 49.9 Å². The number of rotatable bonds is 14. The Hall–Kier alpha value is -3.55. The minimum absolute atomic E-state index is 0.106. The summed E-state index contributed by atoms with van der Waals surface area (Å²) in [6.45, 7) is 16.0. The van der Waals surface area contributed by atoms with Crippen LogP contribution < -0.4 is 10.6 Å². The van der Waals surface area contributed by atoms with Crippen molar-refractivity contribution in [1.82, 2.24) is 15.5 Å². The van der Waals surface area contributed by atoms with Gasteiger partial charge in [0.05, 0.1) is 0 Å². The van der Waals surface area contributed by atoms with E-state index >= 15 is 0 Å². The molecule has 0 aliphatic carbocycles. The number of ether oxygens (including phenoxy) is 1. The molecule has 3 N–H and O–H groups in total. The fourth-order valence-corrected chi connectivity index (χ4v) is 4.81. The Morgan fingerprint density at radius 3 is 2.19 bits per heavy atom. The molecule has 2 rings (SSSR count). The molecule has 0 saturated heterocycles. The molecule has 0 heterocycles. The van der Waals surface area contributed by atoms with Crippen LogP contribution >= 0.6 is 0 Å². The van der Waals surface area contributed by atoms with Gasteiger partial charge in [-0.3, -0.25) is 9.59 Å². The predicted molar refractivity (Wildman–Crippen MR) is 167 cm³/mol. The Bertz CT molecular complexity index is 1160. The maximum Gasteiger partial charge on any atom is 0.408 e. The lowest BCUT2D eigenvalue weighted by Gasteiger charge is -2.39. The number of carbonyl (C=O) groups is 3. The third-order valence-corrected chi connectivity index (χ3v) is 7.10. The number of carbonyl (C=O) groups excluding carboxylic acids is 3. The maximum atomic E-state index is 14.7. The Balaban J connectivity index is 2.64. The van der Waals surface area contributed by atoms with Gasteiger partial charge in [0.25, 0.3) is 0 Å². The molecule has 0 saturated carbocycles. The number of phenolic OH excluding ortho intramolecular Hbond substituents is 1. The van der Waals surface area contributed by atoms with Gasteiger partial charge in [0, 0.05) is 19.0 Å². The summed E-state index contributed by atoms with van der Waals surface area (Å²) in [5.74, 6) is -0.103. The van der Waals surface area contributed by atoms with Crippen LogP contribution in [0.5, 0.6) is 5.75 Å². The lowest BCUT2D eigenvalue weighted by molar-refractivity contribution is -0.145. The van der Waals surface area contributed by atoms with Crippen molar-refractivity contribution < 1.29 is 24.2 Å². The van der Waals surface area contributed by atoms with Crippen LogP contribution in [0.3, 0.4) is 0 Å². The molecule has 3 atom stereocenters. The highest BCUT2D eigenvalue weighted by molar-refractivity contribution is 5.92. The van der Waals surface area contributed by atoms with E-state index in [2.05, 4.69) is 31.4 Å². The standard InChI is InChI=1S/C34H51N3O5/c1-9-10-21-35-31(39)30(28-14-12-11-13-24(28)4)37(25(5)16-15-23(2)3)32(40)29(36-33(41)42-34(6,7)8)22-26-17-19-27(38)20-18-26/h11-14,17-20,23,25,29-30,38H,9-10,15-16,21-22H2,1-8H3,(H,35,39)(H,36,41). The monoisotopic (exact) mass is 581 g/mol. The normalized spacial score (nSPS) is 13.6. The zero-order valence-corrected chi connectivity index (χ0v) is 26.7. The summed E-state index contributed by atoms with van der Waals surface area (Å²) in [7, 11) is 0. The van der Waals surface area contributed by atoms with E-state index in [-0.39, 0.29) is 30.0 Å². The fourth-order valence-electron chi connectivity index (χ4n) is 4.81. The van der Waals surface area contributed by atoms with Gasteiger partial charge in [0.1, 0.15) is 23.4 Å². The number of nitrogens with zero attached hydrogens (tertiary/aromatic N) is 1. The molecule has 3 unspecified atom stereocenters. The molecule has 0 aromatic heterocycles. The zero-order chi connectivity index (χ0) is 31.4. The van der Waals surface area contributed by atoms with Gasteiger partial charge in [0.15, 0.2) is 0 Å². The number of aromatic hydroxyl groups is 1. The highest BCUT2D eigenvalue weighted by atomic mass is 16.6. The van der Waals surface area contributed by atoms with Crippen LogP contribution in [0, 0.1) is 12.8 Å². The first kappa shape index (κ1) is 34.7. The van der Waals surface area contributed by atoms with Crippen molar-refractivity contribution in [2.24, 2.45) is 5.92 Å². The third-order valence-electron chi connectivity index (χ3n) is 7.10. The van der Waals surface area contributed by atoms with Crippen LogP contribution in [0.4, 0.5) is 4.79 Å². The second-order valence-corrected chi connectivity index (χ2v) is 12.5. The van der Waals surface area contributed by atoms with Crippen molar-refractivity contribution >= 4 is 17.9 Å². The fraction of sp³-hybridized carbons (Fsp3) is 0.559. The molecule has 0 aliphatic rings. The predicted octanol–water partition coefficient (Wildman–Crippen LogP) is 6.45. The highest BCUT2D eigenvalue weighted by Crippen LogP contribution is 2.30. The van der Waals surface area contributed by atoms with Gasteiger partial charge in [-0.25, -0.2) is 4.79 Å². The molecule has 42 heavy (non-hydrogen) atoms. The molecular formula is C34H51N3O5. The van der Waals surface area contributed by atoms with Crippen molar-refractivity contribution in [2.45, 2.75) is 111 Å². The van der Waals surface area contributed by atoms with Crippen molar-refractivity contribution in [3.63, 3.8) is 0 Å². The number of phenols is 1. The number of nitrogens with one attached hydrogen (secondary N) is 2. The zero-order valence-electron chi connectivity index (χ0n) is 26.7. The first-order valence-corrected chi connectivity index (χ1v) is 15.2. The van der Waals surface area contributed by atoms with Gasteiger partial charge in [-0.15, -0.1) is 0 Å². The van der Waals surface area contributed by atoms with Crippen LogP contribution in [0.2, 0.25) is 0 Å². The van der Waals surface area contributed by atoms with E-state index in [4.69, 9.17) is 4.74 Å². The summed E-state index contributed by atoms with van der Waals surface area (Å²) in [5.41, 5.74) is 1.63. The molecule has 0 bridgehead atoms. The van der Waals surface area contributed by atoms with Gasteiger partial charge in [0.2, 0.25) is 11.8 Å². The van der Waals surface area contributed by atoms with Crippen LogP contribution in [0.15, 0.2) is 48.5 Å². The van der Waals surface area contributed by atoms with E-state index < -0.39 is 23.8 Å². The molecule has 0 spiro atoms. The van der Waals surface area contributed by atoms with E-state index in [1.807, 2.05) is 38.1 Å².